The fraction of sp³-hybridized carbons (Fsp3) is 0.231. The fourth-order valence-electron chi connectivity index (χ4n) is 1.65. The quantitative estimate of drug-likeness (QED) is 0.813. The Kier molecular flexibility index (Phi) is 4.12. The second kappa shape index (κ2) is 5.63. The molecular formula is C13H12Cl2N2O2. The number of nitrogens with zero attached hydrogens (tertiary/aromatic N) is 2. The number of rotatable bonds is 4. The first-order valence-electron chi connectivity index (χ1n) is 5.57. The lowest BCUT2D eigenvalue weighted by Gasteiger charge is -2.05. The highest BCUT2D eigenvalue weighted by Gasteiger charge is 2.11. The van der Waals surface area contributed by atoms with Gasteiger partial charge in [-0.2, -0.15) is 5.10 Å². The van der Waals surface area contributed by atoms with Crippen LogP contribution in [0.3, 0.4) is 0 Å². The Hall–Kier alpha value is -1.52. The fourth-order valence-corrected chi connectivity index (χ4v) is 2.06. The topological polar surface area (TPSA) is 44.1 Å². The maximum absolute atomic E-state index is 12.1. The van der Waals surface area contributed by atoms with E-state index in [0.29, 0.717) is 27.1 Å². The highest BCUT2D eigenvalue weighted by molar-refractivity contribution is 6.32. The molecule has 0 N–H and O–H groups in total. The molecular weight excluding hydrogens is 287 g/mol. The molecule has 0 aliphatic heterocycles. The molecule has 0 aliphatic carbocycles. The minimum atomic E-state index is -0.0938. The zero-order valence-electron chi connectivity index (χ0n) is 10.5. The number of methoxy groups -OCH3 is 1. The van der Waals surface area contributed by atoms with Crippen LogP contribution in [-0.2, 0) is 6.54 Å². The van der Waals surface area contributed by atoms with E-state index in [0.717, 1.165) is 0 Å². The van der Waals surface area contributed by atoms with Gasteiger partial charge in [0.1, 0.15) is 12.3 Å². The van der Waals surface area contributed by atoms with E-state index in [2.05, 4.69) is 5.10 Å². The van der Waals surface area contributed by atoms with Crippen LogP contribution in [0.2, 0.25) is 10.0 Å². The van der Waals surface area contributed by atoms with E-state index >= 15 is 0 Å². The van der Waals surface area contributed by atoms with Crippen LogP contribution in [0.4, 0.5) is 0 Å². The van der Waals surface area contributed by atoms with Gasteiger partial charge in [0.25, 0.3) is 0 Å². The van der Waals surface area contributed by atoms with Crippen LogP contribution < -0.4 is 4.74 Å². The monoisotopic (exact) mass is 298 g/mol. The third-order valence-corrected chi connectivity index (χ3v) is 3.33. The summed E-state index contributed by atoms with van der Waals surface area (Å²) in [5.74, 6) is 0.444. The van der Waals surface area contributed by atoms with Crippen molar-refractivity contribution in [2.45, 2.75) is 13.5 Å². The summed E-state index contributed by atoms with van der Waals surface area (Å²) in [6.07, 6.45) is 1.62. The van der Waals surface area contributed by atoms with Gasteiger partial charge in [-0.15, -0.1) is 0 Å². The number of hydrogen-bond donors (Lipinski definition) is 0. The predicted molar refractivity (Wildman–Crippen MR) is 74.3 cm³/mol. The number of Topliss-reactive ketones (excluding diaryl/α,β-unsaturated/α-hetero) is 1. The lowest BCUT2D eigenvalue weighted by molar-refractivity contribution is 0.0967. The molecule has 2 rings (SSSR count). The Morgan fingerprint density at radius 1 is 1.37 bits per heavy atom. The van der Waals surface area contributed by atoms with Crippen LogP contribution in [0.5, 0.6) is 5.75 Å². The molecule has 1 aromatic heterocycles. The molecule has 0 saturated carbocycles. The van der Waals surface area contributed by atoms with Crippen LogP contribution in [0.1, 0.15) is 16.1 Å². The van der Waals surface area contributed by atoms with Gasteiger partial charge in [-0.25, -0.2) is 0 Å². The molecule has 4 nitrogen and oxygen atoms in total. The van der Waals surface area contributed by atoms with Gasteiger partial charge in [0.05, 0.1) is 22.8 Å². The summed E-state index contributed by atoms with van der Waals surface area (Å²) in [6.45, 7) is 1.91. The Morgan fingerprint density at radius 3 is 2.63 bits per heavy atom. The number of ketones is 1. The van der Waals surface area contributed by atoms with Crippen LogP contribution in [-0.4, -0.2) is 22.7 Å². The van der Waals surface area contributed by atoms with Crippen LogP contribution in [0, 0.1) is 6.92 Å². The Balaban J connectivity index is 2.18. The third-order valence-electron chi connectivity index (χ3n) is 2.67. The molecule has 0 radical (unpaired) electrons. The zero-order chi connectivity index (χ0) is 14.0. The molecule has 1 heterocycles. The molecule has 19 heavy (non-hydrogen) atoms. The number of carbonyl (C=O) groups is 1. The molecule has 0 spiro atoms. The summed E-state index contributed by atoms with van der Waals surface area (Å²) in [5.41, 5.74) is 1.21. The maximum Gasteiger partial charge on any atom is 0.184 e. The van der Waals surface area contributed by atoms with E-state index in [1.807, 2.05) is 0 Å². The SMILES string of the molecule is COc1ccc(C(=O)Cn2cc(Cl)c(C)n2)cc1Cl. The molecule has 0 bridgehead atoms. The highest BCUT2D eigenvalue weighted by Crippen LogP contribution is 2.25. The smallest absolute Gasteiger partial charge is 0.184 e. The van der Waals surface area contributed by atoms with Gasteiger partial charge in [0.15, 0.2) is 5.78 Å². The molecule has 0 amide bonds. The number of aryl methyl sites for hydroxylation is 1. The Labute approximate surface area is 120 Å². The van der Waals surface area contributed by atoms with Gasteiger partial charge < -0.3 is 4.74 Å². The van der Waals surface area contributed by atoms with Crippen LogP contribution in [0.25, 0.3) is 0 Å². The van der Waals surface area contributed by atoms with E-state index in [-0.39, 0.29) is 12.3 Å². The highest BCUT2D eigenvalue weighted by atomic mass is 35.5. The molecule has 0 atom stereocenters. The molecule has 6 heteroatoms. The van der Waals surface area contributed by atoms with Crippen LogP contribution >= 0.6 is 23.2 Å². The van der Waals surface area contributed by atoms with Crippen molar-refractivity contribution in [2.24, 2.45) is 0 Å². The summed E-state index contributed by atoms with van der Waals surface area (Å²) in [6, 6.07) is 4.92. The number of halogens is 2. The van der Waals surface area contributed by atoms with Crippen molar-refractivity contribution in [3.8, 4) is 5.75 Å². The molecule has 1 aromatic carbocycles. The average molecular weight is 299 g/mol. The van der Waals surface area contributed by atoms with Gasteiger partial charge in [-0.1, -0.05) is 23.2 Å². The first-order valence-corrected chi connectivity index (χ1v) is 6.33. The van der Waals surface area contributed by atoms with E-state index < -0.39 is 0 Å². The van der Waals surface area contributed by atoms with E-state index in [4.69, 9.17) is 27.9 Å². The van der Waals surface area contributed by atoms with Gasteiger partial charge in [-0.3, -0.25) is 9.48 Å². The van der Waals surface area contributed by atoms with Gasteiger partial charge in [0, 0.05) is 11.8 Å². The Morgan fingerprint density at radius 2 is 2.11 bits per heavy atom. The van der Waals surface area contributed by atoms with Crippen molar-refractivity contribution in [1.82, 2.24) is 9.78 Å². The number of aromatic nitrogens is 2. The molecule has 0 saturated heterocycles. The molecule has 0 aliphatic rings. The van der Waals surface area contributed by atoms with Crippen molar-refractivity contribution in [2.75, 3.05) is 7.11 Å². The number of hydrogen-bond acceptors (Lipinski definition) is 3. The van der Waals surface area contributed by atoms with Crippen molar-refractivity contribution >= 4 is 29.0 Å². The minimum absolute atomic E-state index is 0.0938. The van der Waals surface area contributed by atoms with E-state index in [9.17, 15) is 4.79 Å². The van der Waals surface area contributed by atoms with Crippen molar-refractivity contribution in [1.29, 1.82) is 0 Å². The predicted octanol–water partition coefficient (Wildman–Crippen LogP) is 3.39. The largest absolute Gasteiger partial charge is 0.495 e. The van der Waals surface area contributed by atoms with Gasteiger partial charge in [-0.05, 0) is 25.1 Å². The van der Waals surface area contributed by atoms with Gasteiger partial charge >= 0.3 is 0 Å². The van der Waals surface area contributed by atoms with Crippen LogP contribution in [0.15, 0.2) is 24.4 Å². The lowest BCUT2D eigenvalue weighted by atomic mass is 10.1. The minimum Gasteiger partial charge on any atom is -0.495 e. The normalized spacial score (nSPS) is 10.5. The summed E-state index contributed by atoms with van der Waals surface area (Å²) in [4.78, 5) is 12.1. The lowest BCUT2D eigenvalue weighted by Crippen LogP contribution is -2.11. The molecule has 2 aromatic rings. The van der Waals surface area contributed by atoms with E-state index in [1.54, 1.807) is 31.3 Å². The standard InChI is InChI=1S/C13H12Cl2N2O2/c1-8-11(15)6-17(16-8)7-12(18)9-3-4-13(19-2)10(14)5-9/h3-6H,7H2,1-2H3. The second-order valence-corrected chi connectivity index (χ2v) is 4.85. The summed E-state index contributed by atoms with van der Waals surface area (Å²) < 4.78 is 6.55. The molecule has 0 unspecified atom stereocenters. The summed E-state index contributed by atoms with van der Waals surface area (Å²) in [7, 11) is 1.53. The second-order valence-electron chi connectivity index (χ2n) is 4.03. The molecule has 100 valence electrons. The first-order chi connectivity index (χ1) is 9.01. The average Bonchev–Trinajstić information content (AvgIpc) is 2.68. The number of carbonyl (C=O) groups excluding carboxylic acids is 1. The summed E-state index contributed by atoms with van der Waals surface area (Å²) >= 11 is 11.9. The van der Waals surface area contributed by atoms with E-state index in [1.165, 1.54) is 11.8 Å². The maximum atomic E-state index is 12.1. The van der Waals surface area contributed by atoms with Crippen molar-refractivity contribution in [3.05, 3.63) is 45.7 Å². The van der Waals surface area contributed by atoms with Crippen molar-refractivity contribution in [3.63, 3.8) is 0 Å². The summed E-state index contributed by atoms with van der Waals surface area (Å²) in [5, 5.41) is 5.09. The number of benzene rings is 1. The third kappa shape index (κ3) is 3.08. The zero-order valence-corrected chi connectivity index (χ0v) is 12.0. The van der Waals surface area contributed by atoms with Crippen molar-refractivity contribution < 1.29 is 9.53 Å². The molecule has 0 fully saturated rings. The van der Waals surface area contributed by atoms with Gasteiger partial charge in [0.2, 0.25) is 0 Å². The Bertz CT molecular complexity index is 604. The first kappa shape index (κ1) is 13.9. The number of ether oxygens (including phenoxy) is 1.